The van der Waals surface area contributed by atoms with Crippen LogP contribution >= 0.6 is 0 Å². The number of hydrogen-bond donors (Lipinski definition) is 2. The molecule has 1 aliphatic rings. The number of nitrogens with one attached hydrogen (secondary N) is 2. The summed E-state index contributed by atoms with van der Waals surface area (Å²) in [4.78, 5) is 4.57. The monoisotopic (exact) mass is 347 g/mol. The van der Waals surface area contributed by atoms with Gasteiger partial charge in [-0.1, -0.05) is 0 Å². The van der Waals surface area contributed by atoms with Gasteiger partial charge in [-0.2, -0.15) is 18.3 Å². The lowest BCUT2D eigenvalue weighted by Crippen LogP contribution is -2.43. The first kappa shape index (κ1) is 15.9. The van der Waals surface area contributed by atoms with Crippen LogP contribution in [0.1, 0.15) is 17.3 Å². The van der Waals surface area contributed by atoms with Crippen LogP contribution in [-0.4, -0.2) is 27.9 Å². The van der Waals surface area contributed by atoms with Crippen molar-refractivity contribution in [3.05, 3.63) is 47.7 Å². The smallest absolute Gasteiger partial charge is 0.338 e. The molecule has 4 rings (SSSR count). The van der Waals surface area contributed by atoms with Gasteiger partial charge in [-0.05, 0) is 43.3 Å². The van der Waals surface area contributed by atoms with Gasteiger partial charge < -0.3 is 10.6 Å². The molecule has 1 fully saturated rings. The zero-order valence-corrected chi connectivity index (χ0v) is 13.4. The van der Waals surface area contributed by atoms with Crippen LogP contribution in [0.2, 0.25) is 0 Å². The fourth-order valence-electron chi connectivity index (χ4n) is 2.78. The average Bonchev–Trinajstić information content (AvgIpc) is 2.83. The van der Waals surface area contributed by atoms with E-state index >= 15 is 0 Å². The van der Waals surface area contributed by atoms with E-state index in [0.29, 0.717) is 11.5 Å². The van der Waals surface area contributed by atoms with Crippen LogP contribution in [0.25, 0.3) is 11.0 Å². The summed E-state index contributed by atoms with van der Waals surface area (Å²) in [5.74, 6) is 0.592. The van der Waals surface area contributed by atoms with Gasteiger partial charge >= 0.3 is 6.18 Å². The van der Waals surface area contributed by atoms with Crippen molar-refractivity contribution < 1.29 is 13.2 Å². The lowest BCUT2D eigenvalue weighted by Gasteiger charge is -2.27. The van der Waals surface area contributed by atoms with Crippen molar-refractivity contribution in [1.82, 2.24) is 20.1 Å². The SMILES string of the molecule is Cc1ccc2c(Nc3ccc(C(F)(F)F)cc3)nn(C3CNC3)c2n1. The molecule has 5 nitrogen and oxygen atoms in total. The molecule has 2 aromatic heterocycles. The first-order valence-electron chi connectivity index (χ1n) is 7.93. The van der Waals surface area contributed by atoms with Gasteiger partial charge in [0.25, 0.3) is 0 Å². The highest BCUT2D eigenvalue weighted by Gasteiger charge is 2.30. The number of aromatic nitrogens is 3. The minimum absolute atomic E-state index is 0.236. The number of nitrogens with zero attached hydrogens (tertiary/aromatic N) is 3. The molecule has 0 bridgehead atoms. The highest BCUT2D eigenvalue weighted by atomic mass is 19.4. The molecule has 0 amide bonds. The largest absolute Gasteiger partial charge is 0.416 e. The standard InChI is InChI=1S/C17H16F3N5/c1-10-2-7-14-15(24-25(16(14)22-10)13-8-21-9-13)23-12-5-3-11(4-6-12)17(18,19)20/h2-7,13,21H,8-9H2,1H3,(H,23,24). The highest BCUT2D eigenvalue weighted by Crippen LogP contribution is 2.32. The Hall–Kier alpha value is -2.61. The number of benzene rings is 1. The predicted octanol–water partition coefficient (Wildman–Crippen LogP) is 3.65. The van der Waals surface area contributed by atoms with E-state index in [4.69, 9.17) is 0 Å². The Labute approximate surface area is 141 Å². The summed E-state index contributed by atoms with van der Waals surface area (Å²) in [5.41, 5.74) is 1.54. The van der Waals surface area contributed by atoms with E-state index < -0.39 is 11.7 Å². The molecule has 0 saturated carbocycles. The number of hydrogen-bond acceptors (Lipinski definition) is 4. The number of fused-ring (bicyclic) bond motifs is 1. The molecular formula is C17H16F3N5. The zero-order chi connectivity index (χ0) is 17.6. The molecule has 130 valence electrons. The Kier molecular flexibility index (Phi) is 3.64. The van der Waals surface area contributed by atoms with Gasteiger partial charge in [0.1, 0.15) is 0 Å². The highest BCUT2D eigenvalue weighted by molar-refractivity contribution is 5.89. The van der Waals surface area contributed by atoms with Crippen LogP contribution in [0, 0.1) is 6.92 Å². The third-order valence-corrected chi connectivity index (χ3v) is 4.27. The van der Waals surface area contributed by atoms with E-state index in [0.717, 1.165) is 41.9 Å². The molecule has 25 heavy (non-hydrogen) atoms. The van der Waals surface area contributed by atoms with E-state index in [2.05, 4.69) is 20.7 Å². The van der Waals surface area contributed by atoms with Gasteiger partial charge in [0, 0.05) is 24.5 Å². The average molecular weight is 347 g/mol. The van der Waals surface area contributed by atoms with Crippen molar-refractivity contribution in [2.24, 2.45) is 0 Å². The number of aryl methyl sites for hydroxylation is 1. The second-order valence-electron chi connectivity index (χ2n) is 6.13. The maximum absolute atomic E-state index is 12.7. The van der Waals surface area contributed by atoms with Crippen LogP contribution in [0.4, 0.5) is 24.7 Å². The molecule has 0 spiro atoms. The molecule has 3 aromatic rings. The predicted molar refractivity (Wildman–Crippen MR) is 88.9 cm³/mol. The lowest BCUT2D eigenvalue weighted by atomic mass is 10.2. The molecular weight excluding hydrogens is 331 g/mol. The summed E-state index contributed by atoms with van der Waals surface area (Å²) in [6.07, 6.45) is -4.34. The van der Waals surface area contributed by atoms with Gasteiger partial charge in [0.2, 0.25) is 0 Å². The van der Waals surface area contributed by atoms with Gasteiger partial charge in [-0.3, -0.25) is 0 Å². The fraction of sp³-hybridized carbons (Fsp3) is 0.294. The first-order valence-corrected chi connectivity index (χ1v) is 7.93. The van der Waals surface area contributed by atoms with Crippen molar-refractivity contribution in [1.29, 1.82) is 0 Å². The summed E-state index contributed by atoms with van der Waals surface area (Å²) < 4.78 is 39.9. The quantitative estimate of drug-likeness (QED) is 0.759. The van der Waals surface area contributed by atoms with Crippen molar-refractivity contribution in [3.8, 4) is 0 Å². The van der Waals surface area contributed by atoms with Crippen LogP contribution in [0.5, 0.6) is 0 Å². The second-order valence-corrected chi connectivity index (χ2v) is 6.13. The Morgan fingerprint density at radius 3 is 2.44 bits per heavy atom. The minimum atomic E-state index is -4.34. The molecule has 0 aliphatic carbocycles. The number of pyridine rings is 1. The summed E-state index contributed by atoms with van der Waals surface area (Å²) in [7, 11) is 0. The first-order chi connectivity index (χ1) is 11.9. The molecule has 8 heteroatoms. The normalized spacial score (nSPS) is 15.4. The number of halogens is 3. The zero-order valence-electron chi connectivity index (χ0n) is 13.4. The van der Waals surface area contributed by atoms with E-state index in [1.807, 2.05) is 23.7 Å². The van der Waals surface area contributed by atoms with Crippen LogP contribution in [-0.2, 0) is 6.18 Å². The van der Waals surface area contributed by atoms with Gasteiger partial charge in [0.05, 0.1) is 17.0 Å². The maximum Gasteiger partial charge on any atom is 0.416 e. The third kappa shape index (κ3) is 2.93. The van der Waals surface area contributed by atoms with Crippen molar-refractivity contribution >= 4 is 22.5 Å². The number of anilines is 2. The summed E-state index contributed by atoms with van der Waals surface area (Å²) in [6.45, 7) is 3.57. The van der Waals surface area contributed by atoms with Crippen LogP contribution < -0.4 is 10.6 Å². The summed E-state index contributed by atoms with van der Waals surface area (Å²) in [6, 6.07) is 8.98. The van der Waals surface area contributed by atoms with Gasteiger partial charge in [-0.25, -0.2) is 9.67 Å². The Morgan fingerprint density at radius 2 is 1.84 bits per heavy atom. The molecule has 1 aliphatic heterocycles. The molecule has 0 radical (unpaired) electrons. The Morgan fingerprint density at radius 1 is 1.12 bits per heavy atom. The van der Waals surface area contributed by atoms with Crippen molar-refractivity contribution in [3.63, 3.8) is 0 Å². The molecule has 1 saturated heterocycles. The number of alkyl halides is 3. The molecule has 0 atom stereocenters. The van der Waals surface area contributed by atoms with Crippen molar-refractivity contribution in [2.75, 3.05) is 18.4 Å². The fourth-order valence-corrected chi connectivity index (χ4v) is 2.78. The van der Waals surface area contributed by atoms with E-state index in [1.54, 1.807) is 0 Å². The minimum Gasteiger partial charge on any atom is -0.338 e. The number of rotatable bonds is 3. The maximum atomic E-state index is 12.7. The Bertz CT molecular complexity index is 910. The van der Waals surface area contributed by atoms with Crippen LogP contribution in [0.15, 0.2) is 36.4 Å². The molecule has 3 heterocycles. The van der Waals surface area contributed by atoms with Gasteiger partial charge in [-0.15, -0.1) is 0 Å². The van der Waals surface area contributed by atoms with Gasteiger partial charge in [0.15, 0.2) is 11.5 Å². The van der Waals surface area contributed by atoms with E-state index in [9.17, 15) is 13.2 Å². The second kappa shape index (κ2) is 5.73. The van der Waals surface area contributed by atoms with E-state index in [-0.39, 0.29) is 6.04 Å². The van der Waals surface area contributed by atoms with E-state index in [1.165, 1.54) is 12.1 Å². The van der Waals surface area contributed by atoms with Crippen molar-refractivity contribution in [2.45, 2.75) is 19.1 Å². The Balaban J connectivity index is 1.69. The topological polar surface area (TPSA) is 54.8 Å². The third-order valence-electron chi connectivity index (χ3n) is 4.27. The molecule has 2 N–H and O–H groups in total. The van der Waals surface area contributed by atoms with Crippen LogP contribution in [0.3, 0.4) is 0 Å². The molecule has 1 aromatic carbocycles. The lowest BCUT2D eigenvalue weighted by molar-refractivity contribution is -0.137. The summed E-state index contributed by atoms with van der Waals surface area (Å²) >= 11 is 0. The molecule has 0 unspecified atom stereocenters. The summed E-state index contributed by atoms with van der Waals surface area (Å²) in [5, 5.41) is 11.8.